The molecule has 1 fully saturated rings. The second-order valence-electron chi connectivity index (χ2n) is 10.4. The van der Waals surface area contributed by atoms with Crippen molar-refractivity contribution in [2.75, 3.05) is 11.9 Å². The van der Waals surface area contributed by atoms with E-state index in [1.165, 1.54) is 11.1 Å². The summed E-state index contributed by atoms with van der Waals surface area (Å²) >= 11 is 1.70. The van der Waals surface area contributed by atoms with Crippen LogP contribution in [-0.2, 0) is 16.1 Å². The van der Waals surface area contributed by atoms with Crippen molar-refractivity contribution in [3.8, 4) is 16.9 Å². The number of nitrogens with zero attached hydrogens (tertiary/aromatic N) is 1. The highest BCUT2D eigenvalue weighted by Gasteiger charge is 2.32. The number of rotatable bonds is 12. The van der Waals surface area contributed by atoms with Gasteiger partial charge in [0.2, 0.25) is 5.91 Å². The van der Waals surface area contributed by atoms with Crippen LogP contribution >= 0.6 is 11.3 Å². The van der Waals surface area contributed by atoms with Gasteiger partial charge in [-0.15, -0.1) is 0 Å². The van der Waals surface area contributed by atoms with E-state index in [1.54, 1.807) is 25.2 Å². The first-order chi connectivity index (χ1) is 17.7. The van der Waals surface area contributed by atoms with Crippen LogP contribution < -0.4 is 15.4 Å². The number of benzene rings is 2. The molecule has 1 aliphatic carbocycles. The van der Waals surface area contributed by atoms with Gasteiger partial charge in [0.25, 0.3) is 5.91 Å². The van der Waals surface area contributed by atoms with Crippen molar-refractivity contribution in [2.24, 2.45) is 0 Å². The molecule has 4 rings (SSSR count). The standard InChI is InChI=1S/C30H37N3O3S/c1-21(2)32-29(35)30(3,4)36-27-7-5-6-25(18-27)31-16-14-28(34)33(26-12-13-26)19-22-8-10-23(11-9-22)24-15-17-37-20-24/h5-11,15,17-18,20-21,26,31H,12-14,16,19H2,1-4H3,(H,32,35). The minimum atomic E-state index is -0.995. The summed E-state index contributed by atoms with van der Waals surface area (Å²) in [6.07, 6.45) is 2.56. The topological polar surface area (TPSA) is 70.7 Å². The highest BCUT2D eigenvalue weighted by atomic mass is 32.1. The van der Waals surface area contributed by atoms with E-state index in [9.17, 15) is 9.59 Å². The third-order valence-electron chi connectivity index (χ3n) is 6.31. The van der Waals surface area contributed by atoms with Gasteiger partial charge in [0.15, 0.2) is 5.60 Å². The summed E-state index contributed by atoms with van der Waals surface area (Å²) in [5.41, 5.74) is 3.45. The number of thiophene rings is 1. The van der Waals surface area contributed by atoms with E-state index in [0.717, 1.165) is 24.1 Å². The van der Waals surface area contributed by atoms with Gasteiger partial charge in [-0.3, -0.25) is 9.59 Å². The molecule has 1 aliphatic rings. The molecule has 0 bridgehead atoms. The fraction of sp³-hybridized carbons (Fsp3) is 0.400. The van der Waals surface area contributed by atoms with Gasteiger partial charge >= 0.3 is 0 Å². The number of amides is 2. The lowest BCUT2D eigenvalue weighted by Crippen LogP contribution is -2.48. The Bertz CT molecular complexity index is 1190. The molecule has 0 unspecified atom stereocenters. The Labute approximate surface area is 224 Å². The second-order valence-corrected chi connectivity index (χ2v) is 11.2. The van der Waals surface area contributed by atoms with E-state index in [4.69, 9.17) is 4.74 Å². The van der Waals surface area contributed by atoms with Crippen LogP contribution in [-0.4, -0.2) is 40.9 Å². The Morgan fingerprint density at radius 2 is 1.84 bits per heavy atom. The van der Waals surface area contributed by atoms with Gasteiger partial charge in [-0.25, -0.2) is 0 Å². The van der Waals surface area contributed by atoms with Crippen molar-refractivity contribution < 1.29 is 14.3 Å². The lowest BCUT2D eigenvalue weighted by molar-refractivity contribution is -0.134. The molecule has 0 radical (unpaired) electrons. The molecule has 1 heterocycles. The maximum atomic E-state index is 13.1. The van der Waals surface area contributed by atoms with Crippen molar-refractivity contribution in [1.82, 2.24) is 10.2 Å². The molecular weight excluding hydrogens is 482 g/mol. The van der Waals surface area contributed by atoms with Crippen LogP contribution in [0.25, 0.3) is 11.1 Å². The van der Waals surface area contributed by atoms with Crippen molar-refractivity contribution in [3.05, 3.63) is 70.9 Å². The number of anilines is 1. The van der Waals surface area contributed by atoms with Gasteiger partial charge in [-0.2, -0.15) is 11.3 Å². The van der Waals surface area contributed by atoms with Crippen molar-refractivity contribution in [1.29, 1.82) is 0 Å². The number of carbonyl (C=O) groups is 2. The van der Waals surface area contributed by atoms with E-state index in [2.05, 4.69) is 51.7 Å². The summed E-state index contributed by atoms with van der Waals surface area (Å²) in [6.45, 7) is 8.53. The minimum absolute atomic E-state index is 0.0432. The van der Waals surface area contributed by atoms with E-state index in [-0.39, 0.29) is 17.9 Å². The zero-order valence-electron chi connectivity index (χ0n) is 22.1. The van der Waals surface area contributed by atoms with Gasteiger partial charge in [0.05, 0.1) is 0 Å². The maximum Gasteiger partial charge on any atom is 0.263 e. The number of nitrogens with one attached hydrogen (secondary N) is 2. The minimum Gasteiger partial charge on any atom is -0.478 e. The van der Waals surface area contributed by atoms with E-state index >= 15 is 0 Å². The average Bonchev–Trinajstić information content (AvgIpc) is 3.54. The number of ether oxygens (including phenoxy) is 1. The third-order valence-corrected chi connectivity index (χ3v) is 6.99. The fourth-order valence-electron chi connectivity index (χ4n) is 4.14. The third kappa shape index (κ3) is 7.59. The van der Waals surface area contributed by atoms with Crippen LogP contribution in [0.4, 0.5) is 5.69 Å². The molecule has 6 nitrogen and oxygen atoms in total. The molecule has 0 spiro atoms. The first kappa shape index (κ1) is 26.7. The molecule has 1 saturated carbocycles. The Balaban J connectivity index is 1.29. The fourth-order valence-corrected chi connectivity index (χ4v) is 4.80. The first-order valence-electron chi connectivity index (χ1n) is 13.0. The van der Waals surface area contributed by atoms with Gasteiger partial charge in [-0.1, -0.05) is 30.3 Å². The molecule has 0 atom stereocenters. The molecule has 2 N–H and O–H groups in total. The van der Waals surface area contributed by atoms with Crippen LogP contribution in [0.1, 0.15) is 52.5 Å². The molecule has 1 aromatic heterocycles. The highest BCUT2D eigenvalue weighted by Crippen LogP contribution is 2.30. The van der Waals surface area contributed by atoms with Gasteiger partial charge in [0, 0.05) is 43.3 Å². The van der Waals surface area contributed by atoms with Crippen molar-refractivity contribution in [3.63, 3.8) is 0 Å². The van der Waals surface area contributed by atoms with Crippen LogP contribution in [0.2, 0.25) is 0 Å². The molecule has 3 aromatic rings. The van der Waals surface area contributed by atoms with Gasteiger partial charge in [-0.05, 0) is 86.2 Å². The molecular formula is C30H37N3O3S. The summed E-state index contributed by atoms with van der Waals surface area (Å²) < 4.78 is 5.98. The molecule has 2 aromatic carbocycles. The molecule has 0 aliphatic heterocycles. The Hall–Kier alpha value is -3.32. The first-order valence-corrected chi connectivity index (χ1v) is 13.9. The summed E-state index contributed by atoms with van der Waals surface area (Å²) in [7, 11) is 0. The Morgan fingerprint density at radius 3 is 2.49 bits per heavy atom. The van der Waals surface area contributed by atoms with Crippen LogP contribution in [0, 0.1) is 0 Å². The smallest absolute Gasteiger partial charge is 0.263 e. The summed E-state index contributed by atoms with van der Waals surface area (Å²) in [4.78, 5) is 27.6. The molecule has 2 amide bonds. The zero-order chi connectivity index (χ0) is 26.4. The molecule has 196 valence electrons. The normalized spacial score (nSPS) is 13.3. The van der Waals surface area contributed by atoms with Gasteiger partial charge < -0.3 is 20.3 Å². The average molecular weight is 520 g/mol. The van der Waals surface area contributed by atoms with Crippen LogP contribution in [0.15, 0.2) is 65.4 Å². The van der Waals surface area contributed by atoms with Crippen LogP contribution in [0.3, 0.4) is 0 Å². The SMILES string of the molecule is CC(C)NC(=O)C(C)(C)Oc1cccc(NCCC(=O)N(Cc2ccc(-c3ccsc3)cc2)C2CC2)c1. The number of hydrogen-bond acceptors (Lipinski definition) is 5. The van der Waals surface area contributed by atoms with E-state index in [1.807, 2.05) is 43.0 Å². The molecule has 0 saturated heterocycles. The lowest BCUT2D eigenvalue weighted by atomic mass is 10.1. The van der Waals surface area contributed by atoms with Crippen molar-refractivity contribution >= 4 is 28.8 Å². The quantitative estimate of drug-likeness (QED) is 0.304. The summed E-state index contributed by atoms with van der Waals surface area (Å²) in [6, 6.07) is 18.6. The van der Waals surface area contributed by atoms with E-state index in [0.29, 0.717) is 31.3 Å². The van der Waals surface area contributed by atoms with Crippen LogP contribution in [0.5, 0.6) is 5.75 Å². The number of hydrogen-bond donors (Lipinski definition) is 2. The molecule has 7 heteroatoms. The summed E-state index contributed by atoms with van der Waals surface area (Å²) in [5, 5.41) is 10.5. The van der Waals surface area contributed by atoms with E-state index < -0.39 is 5.60 Å². The molecule has 37 heavy (non-hydrogen) atoms. The largest absolute Gasteiger partial charge is 0.478 e. The van der Waals surface area contributed by atoms with Crippen molar-refractivity contribution in [2.45, 2.75) is 71.2 Å². The maximum absolute atomic E-state index is 13.1. The lowest BCUT2D eigenvalue weighted by Gasteiger charge is -2.26. The summed E-state index contributed by atoms with van der Waals surface area (Å²) in [5.74, 6) is 0.606. The Morgan fingerprint density at radius 1 is 1.08 bits per heavy atom. The van der Waals surface area contributed by atoms with Gasteiger partial charge in [0.1, 0.15) is 5.75 Å². The highest BCUT2D eigenvalue weighted by molar-refractivity contribution is 7.08. The predicted octanol–water partition coefficient (Wildman–Crippen LogP) is 6.09. The second kappa shape index (κ2) is 11.8. The Kier molecular flexibility index (Phi) is 8.54. The monoisotopic (exact) mass is 519 g/mol. The zero-order valence-corrected chi connectivity index (χ0v) is 22.9. The predicted molar refractivity (Wildman–Crippen MR) is 151 cm³/mol. The number of carbonyl (C=O) groups excluding carboxylic acids is 2.